The lowest BCUT2D eigenvalue weighted by atomic mass is 10.2. The first-order chi connectivity index (χ1) is 15.6. The van der Waals surface area contributed by atoms with Crippen molar-refractivity contribution in [3.63, 3.8) is 0 Å². The number of hydrogen-bond donors (Lipinski definition) is 0. The van der Waals surface area contributed by atoms with Crippen LogP contribution < -0.4 is 14.4 Å². The molecule has 1 amide bonds. The van der Waals surface area contributed by atoms with Crippen LogP contribution >= 0.6 is 0 Å². The van der Waals surface area contributed by atoms with Crippen LogP contribution in [0.1, 0.15) is 11.4 Å². The first-order valence-corrected chi connectivity index (χ1v) is 10.4. The third-order valence-electron chi connectivity index (χ3n) is 5.32. The zero-order chi connectivity index (χ0) is 22.5. The minimum Gasteiger partial charge on any atom is -0.493 e. The topological polar surface area (TPSA) is 85.6 Å². The molecule has 1 fully saturated rings. The van der Waals surface area contributed by atoms with E-state index in [0.717, 1.165) is 17.2 Å². The number of aromatic nitrogens is 4. The molecule has 0 spiro atoms. The van der Waals surface area contributed by atoms with Crippen LogP contribution in [0.15, 0.2) is 49.1 Å². The summed E-state index contributed by atoms with van der Waals surface area (Å²) >= 11 is 0. The van der Waals surface area contributed by atoms with E-state index in [4.69, 9.17) is 9.47 Å². The van der Waals surface area contributed by atoms with Crippen LogP contribution in [0, 0.1) is 6.92 Å². The molecule has 9 heteroatoms. The molecule has 1 aliphatic rings. The molecular weight excluding hydrogens is 408 g/mol. The Balaban J connectivity index is 1.39. The maximum atomic E-state index is 12.7. The molecule has 1 saturated heterocycles. The maximum Gasteiger partial charge on any atom is 0.246 e. The Hall–Kier alpha value is -3.88. The normalized spacial score (nSPS) is 14.1. The Morgan fingerprint density at radius 1 is 1.00 bits per heavy atom. The second kappa shape index (κ2) is 9.51. The highest BCUT2D eigenvalue weighted by molar-refractivity contribution is 5.92. The molecule has 3 heterocycles. The summed E-state index contributed by atoms with van der Waals surface area (Å²) in [5.74, 6) is 3.60. The molecule has 0 radical (unpaired) electrons. The van der Waals surface area contributed by atoms with Crippen LogP contribution in [0.4, 0.5) is 5.82 Å². The summed E-state index contributed by atoms with van der Waals surface area (Å²) in [7, 11) is 3.19. The van der Waals surface area contributed by atoms with Crippen molar-refractivity contribution in [3.05, 3.63) is 60.5 Å². The molecule has 1 aromatic carbocycles. The fourth-order valence-corrected chi connectivity index (χ4v) is 3.61. The highest BCUT2D eigenvalue weighted by Crippen LogP contribution is 2.28. The number of anilines is 1. The largest absolute Gasteiger partial charge is 0.493 e. The van der Waals surface area contributed by atoms with Crippen molar-refractivity contribution in [1.29, 1.82) is 0 Å². The summed E-state index contributed by atoms with van der Waals surface area (Å²) in [5.41, 5.74) is 0.873. The Morgan fingerprint density at radius 3 is 2.44 bits per heavy atom. The van der Waals surface area contributed by atoms with Crippen LogP contribution in [-0.2, 0) is 4.79 Å². The lowest BCUT2D eigenvalue weighted by Crippen LogP contribution is -2.48. The lowest BCUT2D eigenvalue weighted by molar-refractivity contribution is -0.126. The second-order valence-corrected chi connectivity index (χ2v) is 7.36. The number of piperazine rings is 1. The first-order valence-electron chi connectivity index (χ1n) is 10.4. The number of benzene rings is 1. The van der Waals surface area contributed by atoms with Gasteiger partial charge >= 0.3 is 0 Å². The summed E-state index contributed by atoms with van der Waals surface area (Å²) in [6, 6.07) is 7.50. The van der Waals surface area contributed by atoms with E-state index in [-0.39, 0.29) is 5.91 Å². The van der Waals surface area contributed by atoms with Crippen molar-refractivity contribution in [2.45, 2.75) is 6.92 Å². The van der Waals surface area contributed by atoms with Gasteiger partial charge in [-0.3, -0.25) is 9.36 Å². The fraction of sp³-hybridized carbons (Fsp3) is 0.304. The molecular formula is C23H26N6O3. The van der Waals surface area contributed by atoms with Crippen LogP contribution in [0.3, 0.4) is 0 Å². The molecule has 0 unspecified atom stereocenters. The number of ether oxygens (including phenoxy) is 2. The van der Waals surface area contributed by atoms with Crippen molar-refractivity contribution >= 4 is 17.8 Å². The third kappa shape index (κ3) is 4.72. The Kier molecular flexibility index (Phi) is 6.34. The van der Waals surface area contributed by atoms with Gasteiger partial charge in [0.1, 0.15) is 23.8 Å². The Morgan fingerprint density at radius 2 is 1.75 bits per heavy atom. The highest BCUT2D eigenvalue weighted by atomic mass is 16.5. The predicted octanol–water partition coefficient (Wildman–Crippen LogP) is 2.35. The van der Waals surface area contributed by atoms with Gasteiger partial charge in [-0.1, -0.05) is 6.07 Å². The third-order valence-corrected chi connectivity index (χ3v) is 5.32. The predicted molar refractivity (Wildman–Crippen MR) is 121 cm³/mol. The molecule has 0 atom stereocenters. The van der Waals surface area contributed by atoms with Gasteiger partial charge in [0.2, 0.25) is 5.91 Å². The van der Waals surface area contributed by atoms with Crippen LogP contribution in [0.5, 0.6) is 11.5 Å². The second-order valence-electron chi connectivity index (χ2n) is 7.36. The summed E-state index contributed by atoms with van der Waals surface area (Å²) in [5, 5.41) is 0. The number of aryl methyl sites for hydroxylation is 1. The monoisotopic (exact) mass is 434 g/mol. The molecule has 0 N–H and O–H groups in total. The first kappa shape index (κ1) is 21.4. The van der Waals surface area contributed by atoms with Gasteiger partial charge in [0.05, 0.1) is 14.2 Å². The zero-order valence-electron chi connectivity index (χ0n) is 18.4. The number of carbonyl (C=O) groups excluding carboxylic acids is 1. The van der Waals surface area contributed by atoms with E-state index in [1.54, 1.807) is 38.9 Å². The minimum absolute atomic E-state index is 0.0163. The van der Waals surface area contributed by atoms with E-state index in [1.807, 2.05) is 46.9 Å². The van der Waals surface area contributed by atoms with Gasteiger partial charge in [-0.2, -0.15) is 0 Å². The van der Waals surface area contributed by atoms with Gasteiger partial charge in [0.25, 0.3) is 0 Å². The molecule has 4 rings (SSSR count). The van der Waals surface area contributed by atoms with Gasteiger partial charge in [-0.15, -0.1) is 0 Å². The van der Waals surface area contributed by atoms with Gasteiger partial charge in [-0.05, 0) is 30.7 Å². The summed E-state index contributed by atoms with van der Waals surface area (Å²) in [6.45, 7) is 4.53. The smallest absolute Gasteiger partial charge is 0.246 e. The molecule has 3 aromatic rings. The van der Waals surface area contributed by atoms with Crippen molar-refractivity contribution in [2.24, 2.45) is 0 Å². The number of imidazole rings is 1. The van der Waals surface area contributed by atoms with E-state index < -0.39 is 0 Å². The Bertz CT molecular complexity index is 1100. The maximum absolute atomic E-state index is 12.7. The van der Waals surface area contributed by atoms with Crippen LogP contribution in [0.2, 0.25) is 0 Å². The number of carbonyl (C=O) groups is 1. The standard InChI is InChI=1S/C23H26N6O3/c1-17-25-21(15-22(26-17)29-9-8-24-16-29)27-10-12-28(13-11-27)23(30)7-5-18-4-6-19(31-2)20(14-18)32-3/h4-9,14-16H,10-13H2,1-3H3/b7-5+. The molecule has 0 aliphatic carbocycles. The zero-order valence-corrected chi connectivity index (χ0v) is 18.4. The van der Waals surface area contributed by atoms with E-state index >= 15 is 0 Å². The van der Waals surface area contributed by atoms with Crippen molar-refractivity contribution in [1.82, 2.24) is 24.4 Å². The van der Waals surface area contributed by atoms with Crippen molar-refractivity contribution < 1.29 is 14.3 Å². The van der Waals surface area contributed by atoms with Gasteiger partial charge in [0.15, 0.2) is 11.5 Å². The average molecular weight is 435 g/mol. The quantitative estimate of drug-likeness (QED) is 0.551. The van der Waals surface area contributed by atoms with Gasteiger partial charge in [0, 0.05) is 50.7 Å². The van der Waals surface area contributed by atoms with Crippen molar-refractivity contribution in [3.8, 4) is 17.3 Å². The molecule has 32 heavy (non-hydrogen) atoms. The van der Waals surface area contributed by atoms with E-state index in [9.17, 15) is 4.79 Å². The molecule has 0 bridgehead atoms. The highest BCUT2D eigenvalue weighted by Gasteiger charge is 2.21. The number of methoxy groups -OCH3 is 2. The van der Waals surface area contributed by atoms with E-state index in [0.29, 0.717) is 43.5 Å². The molecule has 2 aromatic heterocycles. The molecule has 166 valence electrons. The van der Waals surface area contributed by atoms with Crippen LogP contribution in [-0.4, -0.2) is 70.7 Å². The van der Waals surface area contributed by atoms with Gasteiger partial charge < -0.3 is 19.3 Å². The fourth-order valence-electron chi connectivity index (χ4n) is 3.61. The summed E-state index contributed by atoms with van der Waals surface area (Å²) < 4.78 is 12.4. The van der Waals surface area contributed by atoms with E-state index in [1.165, 1.54) is 0 Å². The Labute approximate surface area is 186 Å². The van der Waals surface area contributed by atoms with Gasteiger partial charge in [-0.25, -0.2) is 15.0 Å². The number of nitrogens with zero attached hydrogens (tertiary/aromatic N) is 6. The molecule has 9 nitrogen and oxygen atoms in total. The number of rotatable bonds is 6. The van der Waals surface area contributed by atoms with E-state index in [2.05, 4.69) is 19.9 Å². The molecule has 0 saturated carbocycles. The SMILES string of the molecule is COc1ccc(/C=C/C(=O)N2CCN(c3cc(-n4ccnc4)nc(C)n3)CC2)cc1OC. The minimum atomic E-state index is -0.0163. The number of hydrogen-bond acceptors (Lipinski definition) is 7. The lowest BCUT2D eigenvalue weighted by Gasteiger charge is -2.35. The average Bonchev–Trinajstić information content (AvgIpc) is 3.37. The number of amides is 1. The summed E-state index contributed by atoms with van der Waals surface area (Å²) in [4.78, 5) is 29.9. The summed E-state index contributed by atoms with van der Waals surface area (Å²) in [6.07, 6.45) is 8.68. The van der Waals surface area contributed by atoms with Crippen LogP contribution in [0.25, 0.3) is 11.9 Å². The molecule has 1 aliphatic heterocycles. The van der Waals surface area contributed by atoms with Crippen molar-refractivity contribution in [2.75, 3.05) is 45.3 Å².